The third-order valence-corrected chi connectivity index (χ3v) is 1.75. The number of carboxylic acids is 2. The number of carbonyl (C=O) groups is 2. The number of rotatable bonds is 3. The van der Waals surface area contributed by atoms with Crippen LogP contribution in [0.5, 0.6) is 0 Å². The average Bonchev–Trinajstić information content (AvgIpc) is 1.93. The van der Waals surface area contributed by atoms with Gasteiger partial charge in [0.05, 0.1) is 6.42 Å². The van der Waals surface area contributed by atoms with Crippen LogP contribution in [0.25, 0.3) is 0 Å². The Kier molecular flexibility index (Phi) is 3.48. The molecule has 0 aliphatic carbocycles. The summed E-state index contributed by atoms with van der Waals surface area (Å²) in [5, 5.41) is 16.0. The number of hydrogen-bond donors (Lipinski definition) is 2. The monoisotopic (exact) mass is 254 g/mol. The SMILES string of the molecule is O=C(O)CC(C(=O)O)(C(F)(F)F)C(F)(F)F. The highest BCUT2D eigenvalue weighted by Gasteiger charge is 2.76. The van der Waals surface area contributed by atoms with E-state index < -0.39 is 36.1 Å². The minimum absolute atomic E-state index is 2.52. The maximum atomic E-state index is 12.1. The van der Waals surface area contributed by atoms with Gasteiger partial charge in [-0.2, -0.15) is 26.3 Å². The third-order valence-electron chi connectivity index (χ3n) is 1.75. The number of alkyl halides is 6. The zero-order valence-electron chi connectivity index (χ0n) is 7.19. The van der Waals surface area contributed by atoms with E-state index in [2.05, 4.69) is 0 Å². The Hall–Kier alpha value is -1.48. The molecule has 4 nitrogen and oxygen atoms in total. The van der Waals surface area contributed by atoms with Crippen molar-refractivity contribution < 1.29 is 46.1 Å². The van der Waals surface area contributed by atoms with Crippen molar-refractivity contribution in [2.24, 2.45) is 5.41 Å². The van der Waals surface area contributed by atoms with Gasteiger partial charge >= 0.3 is 24.3 Å². The number of aliphatic carboxylic acids is 2. The van der Waals surface area contributed by atoms with E-state index in [9.17, 15) is 35.9 Å². The topological polar surface area (TPSA) is 74.6 Å². The summed E-state index contributed by atoms with van der Waals surface area (Å²) in [4.78, 5) is 20.1. The molecule has 94 valence electrons. The van der Waals surface area contributed by atoms with Crippen molar-refractivity contribution in [3.8, 4) is 0 Å². The fourth-order valence-corrected chi connectivity index (χ4v) is 0.906. The second kappa shape index (κ2) is 3.83. The maximum Gasteiger partial charge on any atom is 0.414 e. The molecule has 10 heteroatoms. The van der Waals surface area contributed by atoms with Gasteiger partial charge in [0, 0.05) is 0 Å². The first kappa shape index (κ1) is 14.5. The standard InChI is InChI=1S/C6H4F6O4/c7-5(8,9)4(3(15)16,1-2(13)14)6(10,11)12/h1H2,(H,13,14)(H,15,16). The zero-order chi connectivity index (χ0) is 13.4. The molecule has 16 heavy (non-hydrogen) atoms. The van der Waals surface area contributed by atoms with Crippen LogP contribution in [0.4, 0.5) is 26.3 Å². The van der Waals surface area contributed by atoms with Gasteiger partial charge in [0.25, 0.3) is 5.41 Å². The van der Waals surface area contributed by atoms with E-state index >= 15 is 0 Å². The lowest BCUT2D eigenvalue weighted by Gasteiger charge is -2.31. The Balaban J connectivity index is 5.81. The Bertz CT molecular complexity index is 289. The summed E-state index contributed by atoms with van der Waals surface area (Å²) in [6.07, 6.45) is -15.1. The van der Waals surface area contributed by atoms with Crippen LogP contribution < -0.4 is 0 Å². The van der Waals surface area contributed by atoms with Crippen LogP contribution in [0.15, 0.2) is 0 Å². The Morgan fingerprint density at radius 2 is 1.19 bits per heavy atom. The first-order valence-corrected chi connectivity index (χ1v) is 3.45. The Labute approximate surface area is 83.5 Å². The van der Waals surface area contributed by atoms with Crippen LogP contribution in [-0.4, -0.2) is 34.5 Å². The molecule has 0 aliphatic heterocycles. The third kappa shape index (κ3) is 2.19. The lowest BCUT2D eigenvalue weighted by atomic mass is 9.83. The molecule has 0 saturated carbocycles. The van der Waals surface area contributed by atoms with Gasteiger partial charge in [0.2, 0.25) is 0 Å². The van der Waals surface area contributed by atoms with E-state index in [0.717, 1.165) is 0 Å². The number of halogens is 6. The number of hydrogen-bond acceptors (Lipinski definition) is 2. The lowest BCUT2D eigenvalue weighted by Crippen LogP contribution is -2.56. The van der Waals surface area contributed by atoms with Crippen LogP contribution in [0.2, 0.25) is 0 Å². The first-order valence-electron chi connectivity index (χ1n) is 3.45. The lowest BCUT2D eigenvalue weighted by molar-refractivity contribution is -0.331. The predicted molar refractivity (Wildman–Crippen MR) is 34.4 cm³/mol. The molecule has 0 unspecified atom stereocenters. The summed E-state index contributed by atoms with van der Waals surface area (Å²) in [5.74, 6) is -5.81. The Morgan fingerprint density at radius 1 is 0.875 bits per heavy atom. The molecule has 0 aromatic heterocycles. The summed E-state index contributed by atoms with van der Waals surface area (Å²) in [7, 11) is 0. The second-order valence-electron chi connectivity index (χ2n) is 2.78. The van der Waals surface area contributed by atoms with Gasteiger partial charge in [0.1, 0.15) is 0 Å². The van der Waals surface area contributed by atoms with Crippen molar-refractivity contribution in [2.75, 3.05) is 0 Å². The molecule has 0 fully saturated rings. The van der Waals surface area contributed by atoms with E-state index in [1.165, 1.54) is 0 Å². The molecule has 0 saturated heterocycles. The summed E-state index contributed by atoms with van der Waals surface area (Å²) in [6.45, 7) is 0. The van der Waals surface area contributed by atoms with Gasteiger partial charge in [-0.3, -0.25) is 9.59 Å². The predicted octanol–water partition coefficient (Wildman–Crippen LogP) is 1.66. The van der Waals surface area contributed by atoms with Gasteiger partial charge in [-0.1, -0.05) is 0 Å². The molecule has 0 heterocycles. The van der Waals surface area contributed by atoms with Crippen LogP contribution in [0.1, 0.15) is 6.42 Å². The molecule has 0 amide bonds. The molecule has 0 aromatic carbocycles. The van der Waals surface area contributed by atoms with Crippen LogP contribution in [-0.2, 0) is 9.59 Å². The van der Waals surface area contributed by atoms with Crippen molar-refractivity contribution in [1.29, 1.82) is 0 Å². The van der Waals surface area contributed by atoms with Crippen LogP contribution >= 0.6 is 0 Å². The number of carboxylic acid groups (broad SMARTS) is 2. The molecule has 0 atom stereocenters. The van der Waals surface area contributed by atoms with E-state index in [0.29, 0.717) is 0 Å². The van der Waals surface area contributed by atoms with Crippen molar-refractivity contribution >= 4 is 11.9 Å². The van der Waals surface area contributed by atoms with Gasteiger partial charge in [0.15, 0.2) is 0 Å². The molecule has 0 spiro atoms. The first-order chi connectivity index (χ1) is 6.86. The largest absolute Gasteiger partial charge is 0.481 e. The van der Waals surface area contributed by atoms with Crippen molar-refractivity contribution in [2.45, 2.75) is 18.8 Å². The maximum absolute atomic E-state index is 12.1. The molecule has 0 radical (unpaired) electrons. The van der Waals surface area contributed by atoms with E-state index in [1.807, 2.05) is 0 Å². The van der Waals surface area contributed by atoms with E-state index in [-0.39, 0.29) is 0 Å². The summed E-state index contributed by atoms with van der Waals surface area (Å²) < 4.78 is 72.7. The average molecular weight is 254 g/mol. The van der Waals surface area contributed by atoms with E-state index in [4.69, 9.17) is 10.2 Å². The van der Waals surface area contributed by atoms with Gasteiger partial charge in [-0.15, -0.1) is 0 Å². The molecule has 0 bridgehead atoms. The van der Waals surface area contributed by atoms with Crippen LogP contribution in [0.3, 0.4) is 0 Å². The molecular formula is C6H4F6O4. The molecule has 0 aromatic rings. The normalized spacial score (nSPS) is 13.6. The molecule has 0 rings (SSSR count). The highest BCUT2D eigenvalue weighted by Crippen LogP contribution is 2.52. The fourth-order valence-electron chi connectivity index (χ4n) is 0.906. The molecule has 2 N–H and O–H groups in total. The van der Waals surface area contributed by atoms with Crippen molar-refractivity contribution in [3.63, 3.8) is 0 Å². The summed E-state index contributed by atoms with van der Waals surface area (Å²) >= 11 is 0. The minimum Gasteiger partial charge on any atom is -0.481 e. The van der Waals surface area contributed by atoms with Crippen molar-refractivity contribution in [1.82, 2.24) is 0 Å². The van der Waals surface area contributed by atoms with Gasteiger partial charge in [-0.05, 0) is 0 Å². The van der Waals surface area contributed by atoms with Crippen molar-refractivity contribution in [3.05, 3.63) is 0 Å². The summed E-state index contributed by atoms with van der Waals surface area (Å²) in [6, 6.07) is 0. The minimum atomic E-state index is -6.25. The Morgan fingerprint density at radius 3 is 1.25 bits per heavy atom. The molecular weight excluding hydrogens is 250 g/mol. The van der Waals surface area contributed by atoms with Gasteiger partial charge < -0.3 is 10.2 Å². The van der Waals surface area contributed by atoms with E-state index in [1.54, 1.807) is 0 Å². The fraction of sp³-hybridized carbons (Fsp3) is 0.667. The second-order valence-corrected chi connectivity index (χ2v) is 2.78. The summed E-state index contributed by atoms with van der Waals surface area (Å²) in [5.41, 5.74) is -5.29. The van der Waals surface area contributed by atoms with Gasteiger partial charge in [-0.25, -0.2) is 0 Å². The quantitative estimate of drug-likeness (QED) is 0.751. The smallest absolute Gasteiger partial charge is 0.414 e. The highest BCUT2D eigenvalue weighted by atomic mass is 19.4. The van der Waals surface area contributed by atoms with Crippen LogP contribution in [0, 0.1) is 5.41 Å². The highest BCUT2D eigenvalue weighted by molar-refractivity contribution is 5.83. The molecule has 0 aliphatic rings. The zero-order valence-corrected chi connectivity index (χ0v) is 7.19.